The van der Waals surface area contributed by atoms with Crippen LogP contribution in [0.25, 0.3) is 0 Å². The van der Waals surface area contributed by atoms with Crippen molar-refractivity contribution in [1.29, 1.82) is 0 Å². The van der Waals surface area contributed by atoms with Crippen LogP contribution in [0.5, 0.6) is 0 Å². The molecule has 0 aromatic heterocycles. The number of carbonyl (C=O) groups excluding carboxylic acids is 3. The lowest BCUT2D eigenvalue weighted by Gasteiger charge is -2.08. The van der Waals surface area contributed by atoms with Gasteiger partial charge in [0.15, 0.2) is 0 Å². The predicted molar refractivity (Wildman–Crippen MR) is 138 cm³/mol. The number of ether oxygens (including phenoxy) is 1. The van der Waals surface area contributed by atoms with E-state index < -0.39 is 10.8 Å². The second kappa shape index (κ2) is 13.1. The Labute approximate surface area is 212 Å². The summed E-state index contributed by atoms with van der Waals surface area (Å²) in [5.41, 5.74) is 1.55. The molecule has 0 saturated heterocycles. The van der Waals surface area contributed by atoms with Crippen LogP contribution in [0.15, 0.2) is 77.7 Å². The molecular weight excluding hydrogens is 482 g/mol. The van der Waals surface area contributed by atoms with Crippen LogP contribution in [0.3, 0.4) is 0 Å². The number of nitrogens with zero attached hydrogens (tertiary/aromatic N) is 1. The molecule has 3 aromatic rings. The maximum absolute atomic E-state index is 12.4. The highest BCUT2D eigenvalue weighted by atomic mass is 32.2. The highest BCUT2D eigenvalue weighted by Crippen LogP contribution is 2.22. The summed E-state index contributed by atoms with van der Waals surface area (Å²) in [5, 5.41) is 16.4. The van der Waals surface area contributed by atoms with Crippen molar-refractivity contribution in [2.75, 3.05) is 23.0 Å². The summed E-state index contributed by atoms with van der Waals surface area (Å²) in [6.07, 6.45) is 1.76. The Morgan fingerprint density at radius 1 is 0.917 bits per heavy atom. The van der Waals surface area contributed by atoms with Crippen LogP contribution in [0, 0.1) is 10.1 Å². The summed E-state index contributed by atoms with van der Waals surface area (Å²) in [6.45, 7) is 2.40. The lowest BCUT2D eigenvalue weighted by molar-refractivity contribution is -0.384. The molecule has 3 aromatic carbocycles. The Hall–Kier alpha value is -4.18. The van der Waals surface area contributed by atoms with Gasteiger partial charge in [-0.05, 0) is 61.0 Å². The number of thioether (sulfide) groups is 1. The third-order valence-corrected chi connectivity index (χ3v) is 5.95. The fourth-order valence-corrected chi connectivity index (χ4v) is 3.73. The summed E-state index contributed by atoms with van der Waals surface area (Å²) in [7, 11) is 0. The third kappa shape index (κ3) is 7.95. The van der Waals surface area contributed by atoms with Gasteiger partial charge in [0.1, 0.15) is 0 Å². The molecular formula is C26H25N3O6S. The standard InChI is InChI=1S/C26H25N3O6S/c1-2-3-15-35-26(32)18-7-9-20(10-8-18)27-24(30)17-36-23-13-11-21(12-14-23)28-25(31)19-5-4-6-22(16-19)29(33)34/h4-14,16H,2-3,15,17H2,1H3,(H,27,30)(H,28,31). The van der Waals surface area contributed by atoms with Crippen molar-refractivity contribution < 1.29 is 24.0 Å². The Bertz CT molecular complexity index is 1230. The number of nitro benzene ring substituents is 1. The number of rotatable bonds is 11. The number of hydrogen-bond donors (Lipinski definition) is 2. The molecule has 3 rings (SSSR count). The Morgan fingerprint density at radius 3 is 2.25 bits per heavy atom. The van der Waals surface area contributed by atoms with Crippen LogP contribution in [-0.2, 0) is 9.53 Å². The van der Waals surface area contributed by atoms with E-state index in [2.05, 4.69) is 10.6 Å². The molecule has 0 fully saturated rings. The largest absolute Gasteiger partial charge is 0.462 e. The van der Waals surface area contributed by atoms with Gasteiger partial charge in [0.25, 0.3) is 11.6 Å². The molecule has 2 amide bonds. The van der Waals surface area contributed by atoms with Gasteiger partial charge in [-0.1, -0.05) is 19.4 Å². The first-order valence-electron chi connectivity index (χ1n) is 11.2. The first kappa shape index (κ1) is 26.4. The van der Waals surface area contributed by atoms with Crippen molar-refractivity contribution in [3.63, 3.8) is 0 Å². The van der Waals surface area contributed by atoms with Gasteiger partial charge < -0.3 is 15.4 Å². The average Bonchev–Trinajstić information content (AvgIpc) is 2.89. The van der Waals surface area contributed by atoms with Crippen LogP contribution in [-0.4, -0.2) is 35.1 Å². The number of hydrogen-bond acceptors (Lipinski definition) is 7. The quantitative estimate of drug-likeness (QED) is 0.115. The summed E-state index contributed by atoms with van der Waals surface area (Å²) in [5.74, 6) is -0.887. The lowest BCUT2D eigenvalue weighted by Crippen LogP contribution is -2.14. The number of nitro groups is 1. The molecule has 0 aliphatic heterocycles. The van der Waals surface area contributed by atoms with Crippen LogP contribution >= 0.6 is 11.8 Å². The average molecular weight is 508 g/mol. The normalized spacial score (nSPS) is 10.4. The molecule has 0 unspecified atom stereocenters. The Morgan fingerprint density at radius 2 is 1.58 bits per heavy atom. The molecule has 2 N–H and O–H groups in total. The van der Waals surface area contributed by atoms with Crippen molar-refractivity contribution in [2.24, 2.45) is 0 Å². The minimum atomic E-state index is -0.556. The topological polar surface area (TPSA) is 128 Å². The van der Waals surface area contributed by atoms with Crippen LogP contribution in [0.2, 0.25) is 0 Å². The van der Waals surface area contributed by atoms with Crippen LogP contribution in [0.4, 0.5) is 17.1 Å². The SMILES string of the molecule is CCCCOC(=O)c1ccc(NC(=O)CSc2ccc(NC(=O)c3cccc([N+](=O)[O-])c3)cc2)cc1. The number of anilines is 2. The minimum absolute atomic E-state index is 0.159. The number of benzene rings is 3. The summed E-state index contributed by atoms with van der Waals surface area (Å²) in [6, 6.07) is 18.9. The van der Waals surface area contributed by atoms with Crippen molar-refractivity contribution in [2.45, 2.75) is 24.7 Å². The monoisotopic (exact) mass is 507 g/mol. The zero-order valence-corrected chi connectivity index (χ0v) is 20.4. The molecule has 0 heterocycles. The van der Waals surface area contributed by atoms with E-state index in [9.17, 15) is 24.5 Å². The van der Waals surface area contributed by atoms with E-state index in [1.807, 2.05) is 6.92 Å². The van der Waals surface area contributed by atoms with Crippen molar-refractivity contribution in [1.82, 2.24) is 0 Å². The summed E-state index contributed by atoms with van der Waals surface area (Å²) >= 11 is 1.32. The fourth-order valence-electron chi connectivity index (χ4n) is 3.03. The van der Waals surface area contributed by atoms with Gasteiger partial charge in [-0.3, -0.25) is 19.7 Å². The molecule has 0 saturated carbocycles. The molecule has 9 nitrogen and oxygen atoms in total. The molecule has 10 heteroatoms. The predicted octanol–water partition coefficient (Wildman–Crippen LogP) is 5.53. The zero-order chi connectivity index (χ0) is 25.9. The van der Waals surface area contributed by atoms with Crippen LogP contribution < -0.4 is 10.6 Å². The molecule has 0 spiro atoms. The van der Waals surface area contributed by atoms with Gasteiger partial charge in [0.05, 0.1) is 22.8 Å². The Balaban J connectivity index is 1.46. The maximum Gasteiger partial charge on any atom is 0.338 e. The van der Waals surface area contributed by atoms with Gasteiger partial charge in [-0.2, -0.15) is 0 Å². The first-order valence-corrected chi connectivity index (χ1v) is 12.2. The number of carbonyl (C=O) groups is 3. The molecule has 186 valence electrons. The molecule has 0 radical (unpaired) electrons. The van der Waals surface area contributed by atoms with E-state index in [1.54, 1.807) is 48.5 Å². The van der Waals surface area contributed by atoms with Gasteiger partial charge in [0, 0.05) is 34.0 Å². The van der Waals surface area contributed by atoms with Crippen LogP contribution in [0.1, 0.15) is 40.5 Å². The number of unbranched alkanes of at least 4 members (excludes halogenated alkanes) is 1. The number of nitrogens with one attached hydrogen (secondary N) is 2. The van der Waals surface area contributed by atoms with Gasteiger partial charge in [-0.25, -0.2) is 4.79 Å². The summed E-state index contributed by atoms with van der Waals surface area (Å²) < 4.78 is 5.17. The molecule has 36 heavy (non-hydrogen) atoms. The van der Waals surface area contributed by atoms with Gasteiger partial charge in [0.2, 0.25) is 5.91 Å². The highest BCUT2D eigenvalue weighted by molar-refractivity contribution is 8.00. The Kier molecular flexibility index (Phi) is 9.58. The number of amides is 2. The molecule has 0 atom stereocenters. The zero-order valence-electron chi connectivity index (χ0n) is 19.6. The van der Waals surface area contributed by atoms with E-state index in [0.717, 1.165) is 17.7 Å². The van der Waals surface area contributed by atoms with E-state index in [0.29, 0.717) is 23.5 Å². The minimum Gasteiger partial charge on any atom is -0.462 e. The molecule has 0 aliphatic carbocycles. The highest BCUT2D eigenvalue weighted by Gasteiger charge is 2.12. The third-order valence-electron chi connectivity index (χ3n) is 4.94. The lowest BCUT2D eigenvalue weighted by atomic mass is 10.2. The second-order valence-electron chi connectivity index (χ2n) is 7.69. The van der Waals surface area contributed by atoms with Crippen molar-refractivity contribution >= 4 is 46.6 Å². The molecule has 0 bridgehead atoms. The number of non-ortho nitro benzene ring substituents is 1. The van der Waals surface area contributed by atoms with Gasteiger partial charge >= 0.3 is 5.97 Å². The van der Waals surface area contributed by atoms with Gasteiger partial charge in [-0.15, -0.1) is 11.8 Å². The molecule has 0 aliphatic rings. The fraction of sp³-hybridized carbons (Fsp3) is 0.192. The number of esters is 1. The van der Waals surface area contributed by atoms with Crippen molar-refractivity contribution in [3.8, 4) is 0 Å². The van der Waals surface area contributed by atoms with E-state index >= 15 is 0 Å². The van der Waals surface area contributed by atoms with E-state index in [4.69, 9.17) is 4.74 Å². The van der Waals surface area contributed by atoms with E-state index in [1.165, 1.54) is 36.0 Å². The smallest absolute Gasteiger partial charge is 0.338 e. The van der Waals surface area contributed by atoms with E-state index in [-0.39, 0.29) is 28.9 Å². The first-order chi connectivity index (χ1) is 17.4. The van der Waals surface area contributed by atoms with Crippen molar-refractivity contribution in [3.05, 3.63) is 94.0 Å². The second-order valence-corrected chi connectivity index (χ2v) is 8.74. The summed E-state index contributed by atoms with van der Waals surface area (Å²) in [4.78, 5) is 47.8. The maximum atomic E-state index is 12.4.